The average Bonchev–Trinajstić information content (AvgIpc) is 3.37. The Morgan fingerprint density at radius 3 is 1.06 bits per heavy atom. The molecule has 290 valence electrons. The monoisotopic (exact) mass is 793 g/mol. The summed E-state index contributed by atoms with van der Waals surface area (Å²) in [5.41, 5.74) is 11.8. The van der Waals surface area contributed by atoms with Gasteiger partial charge in [0.05, 0.1) is 11.6 Å². The molecule has 0 aliphatic rings. The van der Waals surface area contributed by atoms with Crippen LogP contribution >= 0.6 is 0 Å². The second-order valence-corrected chi connectivity index (χ2v) is 14.7. The molecule has 62 heavy (non-hydrogen) atoms. The first kappa shape index (κ1) is 37.5. The van der Waals surface area contributed by atoms with Crippen LogP contribution in [0.25, 0.3) is 102 Å². The summed E-state index contributed by atoms with van der Waals surface area (Å²) in [6.07, 6.45) is 0. The van der Waals surface area contributed by atoms with Crippen molar-refractivity contribution in [3.63, 3.8) is 0 Å². The zero-order valence-corrected chi connectivity index (χ0v) is 33.3. The Kier molecular flexibility index (Phi) is 10.2. The van der Waals surface area contributed by atoms with E-state index in [1.807, 2.05) is 158 Å². The second kappa shape index (κ2) is 16.9. The van der Waals surface area contributed by atoms with E-state index in [9.17, 15) is 5.26 Å². The normalized spacial score (nSPS) is 10.9. The van der Waals surface area contributed by atoms with Gasteiger partial charge in [-0.2, -0.15) is 5.26 Å². The van der Waals surface area contributed by atoms with E-state index in [0.29, 0.717) is 40.5 Å². The van der Waals surface area contributed by atoms with Crippen molar-refractivity contribution >= 4 is 0 Å². The molecule has 0 aliphatic heterocycles. The molecule has 0 radical (unpaired) electrons. The van der Waals surface area contributed by atoms with Crippen LogP contribution in [0.5, 0.6) is 0 Å². The van der Waals surface area contributed by atoms with E-state index in [1.165, 1.54) is 0 Å². The van der Waals surface area contributed by atoms with Crippen molar-refractivity contribution in [3.05, 3.63) is 218 Å². The minimum atomic E-state index is 0.540. The lowest BCUT2D eigenvalue weighted by Crippen LogP contribution is -2.01. The van der Waals surface area contributed by atoms with Crippen molar-refractivity contribution in [2.24, 2.45) is 0 Å². The molecule has 8 aromatic carbocycles. The molecule has 10 aromatic rings. The predicted octanol–water partition coefficient (Wildman–Crippen LogP) is 12.9. The molecule has 7 heteroatoms. The lowest BCUT2D eigenvalue weighted by molar-refractivity contribution is 1.07. The van der Waals surface area contributed by atoms with Crippen molar-refractivity contribution in [2.75, 3.05) is 0 Å². The fraction of sp³-hybridized carbons (Fsp3) is 0. The highest BCUT2D eigenvalue weighted by molar-refractivity contribution is 5.84. The van der Waals surface area contributed by atoms with Crippen molar-refractivity contribution in [1.29, 1.82) is 5.26 Å². The average molecular weight is 794 g/mol. The Hall–Kier alpha value is -8.73. The summed E-state index contributed by atoms with van der Waals surface area (Å²) in [5, 5.41) is 9.56. The fourth-order valence-corrected chi connectivity index (χ4v) is 7.52. The number of benzene rings is 8. The molecule has 7 nitrogen and oxygen atoms in total. The van der Waals surface area contributed by atoms with Crippen LogP contribution in [-0.2, 0) is 0 Å². The van der Waals surface area contributed by atoms with Gasteiger partial charge in [-0.15, -0.1) is 0 Å². The molecule has 0 amide bonds. The van der Waals surface area contributed by atoms with Gasteiger partial charge in [-0.25, -0.2) is 29.9 Å². The molecule has 0 bridgehead atoms. The van der Waals surface area contributed by atoms with Crippen LogP contribution in [0.1, 0.15) is 5.56 Å². The molecule has 0 atom stereocenters. The van der Waals surface area contributed by atoms with Crippen molar-refractivity contribution in [3.8, 4) is 108 Å². The summed E-state index contributed by atoms with van der Waals surface area (Å²) in [6, 6.07) is 73.0. The van der Waals surface area contributed by atoms with Gasteiger partial charge in [-0.05, 0) is 63.7 Å². The van der Waals surface area contributed by atoms with E-state index in [4.69, 9.17) is 29.9 Å². The third kappa shape index (κ3) is 7.87. The maximum atomic E-state index is 9.56. The number of aromatic nitrogens is 6. The first-order valence-corrected chi connectivity index (χ1v) is 20.3. The van der Waals surface area contributed by atoms with Crippen LogP contribution < -0.4 is 0 Å². The maximum absolute atomic E-state index is 9.56. The van der Waals surface area contributed by atoms with Gasteiger partial charge in [0.2, 0.25) is 0 Å². The van der Waals surface area contributed by atoms with Crippen LogP contribution in [0.3, 0.4) is 0 Å². The van der Waals surface area contributed by atoms with Crippen molar-refractivity contribution in [2.45, 2.75) is 0 Å². The summed E-state index contributed by atoms with van der Waals surface area (Å²) >= 11 is 0. The molecule has 0 unspecified atom stereocenters. The molecule has 10 rings (SSSR count). The molecule has 0 spiro atoms. The molecule has 0 saturated carbocycles. The highest BCUT2D eigenvalue weighted by Gasteiger charge is 2.18. The molecular weight excluding hydrogens is 759 g/mol. The Labute approximate surface area is 359 Å². The summed E-state index contributed by atoms with van der Waals surface area (Å²) in [7, 11) is 0. The maximum Gasteiger partial charge on any atom is 0.164 e. The zero-order valence-electron chi connectivity index (χ0n) is 33.3. The van der Waals surface area contributed by atoms with Gasteiger partial charge >= 0.3 is 0 Å². The third-order valence-corrected chi connectivity index (χ3v) is 10.6. The van der Waals surface area contributed by atoms with Gasteiger partial charge in [0, 0.05) is 33.4 Å². The molecule has 2 aromatic heterocycles. The minimum Gasteiger partial charge on any atom is -0.208 e. The quantitative estimate of drug-likeness (QED) is 0.143. The molecule has 0 fully saturated rings. The SMILES string of the molecule is N#Cc1cccc(-c2cccc(-c3nc(-c4ccccc4)nc(-c4ccccc4-c4cccc(-c5nc(-c6ccccc6)nc(-c6cccc(-c7ccccc7)c6)n5)c4)n3)c2)c1. The predicted molar refractivity (Wildman–Crippen MR) is 247 cm³/mol. The summed E-state index contributed by atoms with van der Waals surface area (Å²) in [4.78, 5) is 30.4. The summed E-state index contributed by atoms with van der Waals surface area (Å²) in [6.45, 7) is 0. The van der Waals surface area contributed by atoms with E-state index in [0.717, 1.165) is 66.8 Å². The second-order valence-electron chi connectivity index (χ2n) is 14.7. The van der Waals surface area contributed by atoms with Gasteiger partial charge in [-0.3, -0.25) is 0 Å². The molecule has 2 heterocycles. The van der Waals surface area contributed by atoms with E-state index < -0.39 is 0 Å². The van der Waals surface area contributed by atoms with Crippen LogP contribution in [0, 0.1) is 11.3 Å². The van der Waals surface area contributed by atoms with Gasteiger partial charge in [0.25, 0.3) is 0 Å². The Balaban J connectivity index is 1.08. The van der Waals surface area contributed by atoms with Crippen LogP contribution in [0.15, 0.2) is 212 Å². The number of nitrogens with zero attached hydrogens (tertiary/aromatic N) is 7. The van der Waals surface area contributed by atoms with Gasteiger partial charge < -0.3 is 0 Å². The van der Waals surface area contributed by atoms with Crippen molar-refractivity contribution in [1.82, 2.24) is 29.9 Å². The first-order chi connectivity index (χ1) is 30.6. The third-order valence-electron chi connectivity index (χ3n) is 10.6. The topological polar surface area (TPSA) is 101 Å². The van der Waals surface area contributed by atoms with Crippen LogP contribution in [0.4, 0.5) is 0 Å². The number of hydrogen-bond acceptors (Lipinski definition) is 7. The standard InChI is InChI=1S/C55H35N7/c56-36-37-16-12-23-41(32-37)43-25-14-28-46(34-43)54-59-51(40-21-8-3-9-22-40)61-55(62-54)49-31-11-10-30-48(49)44-26-15-29-47(35-44)53-58-50(39-19-6-2-7-20-39)57-52(60-53)45-27-13-24-42(33-45)38-17-4-1-5-18-38/h1-35H. The Morgan fingerprint density at radius 2 is 0.565 bits per heavy atom. The zero-order chi connectivity index (χ0) is 41.7. The van der Waals surface area contributed by atoms with Gasteiger partial charge in [0.1, 0.15) is 0 Å². The van der Waals surface area contributed by atoms with E-state index in [-0.39, 0.29) is 0 Å². The number of nitriles is 1. The minimum absolute atomic E-state index is 0.540. The summed E-state index contributed by atoms with van der Waals surface area (Å²) < 4.78 is 0. The lowest BCUT2D eigenvalue weighted by Gasteiger charge is -2.13. The van der Waals surface area contributed by atoms with Crippen molar-refractivity contribution < 1.29 is 0 Å². The van der Waals surface area contributed by atoms with Crippen LogP contribution in [0.2, 0.25) is 0 Å². The first-order valence-electron chi connectivity index (χ1n) is 20.3. The van der Waals surface area contributed by atoms with Gasteiger partial charge in [-0.1, -0.05) is 182 Å². The summed E-state index contributed by atoms with van der Waals surface area (Å²) in [5.74, 6) is 3.39. The van der Waals surface area contributed by atoms with Gasteiger partial charge in [0.15, 0.2) is 34.9 Å². The lowest BCUT2D eigenvalue weighted by atomic mass is 9.97. The van der Waals surface area contributed by atoms with E-state index in [2.05, 4.69) is 54.6 Å². The smallest absolute Gasteiger partial charge is 0.164 e. The molecule has 0 aliphatic carbocycles. The van der Waals surface area contributed by atoms with Crippen LogP contribution in [-0.4, -0.2) is 29.9 Å². The van der Waals surface area contributed by atoms with E-state index in [1.54, 1.807) is 6.07 Å². The Morgan fingerprint density at radius 1 is 0.242 bits per heavy atom. The molecule has 0 saturated heterocycles. The highest BCUT2D eigenvalue weighted by Crippen LogP contribution is 2.36. The van der Waals surface area contributed by atoms with E-state index >= 15 is 0 Å². The largest absolute Gasteiger partial charge is 0.208 e. The molecular formula is C55H35N7. The fourth-order valence-electron chi connectivity index (χ4n) is 7.52. The Bertz CT molecular complexity index is 3250. The molecule has 0 N–H and O–H groups in total. The highest BCUT2D eigenvalue weighted by atomic mass is 15.0. The number of hydrogen-bond donors (Lipinski definition) is 0. The number of rotatable bonds is 9.